The highest BCUT2D eigenvalue weighted by molar-refractivity contribution is 7.64. The number of carboxylic acid groups (broad SMARTS) is 1. The number of carbonyl (C=O) groups excluding carboxylic acids is 1. The van der Waals surface area contributed by atoms with Crippen molar-refractivity contribution in [3.05, 3.63) is 57.6 Å². The van der Waals surface area contributed by atoms with Crippen molar-refractivity contribution < 1.29 is 30.0 Å². The molecule has 39 heavy (non-hydrogen) atoms. The average molecular weight is 598 g/mol. The molecule has 0 spiro atoms. The van der Waals surface area contributed by atoms with E-state index in [0.29, 0.717) is 6.42 Å². The van der Waals surface area contributed by atoms with Gasteiger partial charge in [0, 0.05) is 19.6 Å². The van der Waals surface area contributed by atoms with Gasteiger partial charge in [-0.25, -0.2) is 4.79 Å². The van der Waals surface area contributed by atoms with Crippen LogP contribution in [-0.4, -0.2) is 94.9 Å². The first kappa shape index (κ1) is 32.1. The quantitative estimate of drug-likeness (QED) is 0.0865. The van der Waals surface area contributed by atoms with Crippen molar-refractivity contribution in [2.45, 2.75) is 12.5 Å². The fourth-order valence-electron chi connectivity index (χ4n) is 3.60. The van der Waals surface area contributed by atoms with Crippen LogP contribution >= 0.6 is 31.1 Å². The van der Waals surface area contributed by atoms with E-state index in [2.05, 4.69) is 22.3 Å². The molecular formula is C25H30Cl2N5O6P. The van der Waals surface area contributed by atoms with E-state index in [9.17, 15) is 30.0 Å². The molecule has 1 amide bonds. The van der Waals surface area contributed by atoms with Gasteiger partial charge in [-0.2, -0.15) is 5.26 Å². The van der Waals surface area contributed by atoms with E-state index >= 15 is 0 Å². The van der Waals surface area contributed by atoms with Crippen molar-refractivity contribution in [1.29, 1.82) is 5.26 Å². The van der Waals surface area contributed by atoms with Crippen molar-refractivity contribution in [1.82, 2.24) is 15.5 Å². The molecule has 6 N–H and O–H groups in total. The summed E-state index contributed by atoms with van der Waals surface area (Å²) in [5.74, 6) is -2.03. The predicted octanol–water partition coefficient (Wildman–Crippen LogP) is 1.57. The molecule has 0 heterocycles. The van der Waals surface area contributed by atoms with Crippen molar-refractivity contribution >= 4 is 54.3 Å². The number of rotatable bonds is 13. The van der Waals surface area contributed by atoms with Crippen LogP contribution in [0, 0.1) is 11.5 Å². The Bertz CT molecular complexity index is 1200. The van der Waals surface area contributed by atoms with E-state index in [1.807, 2.05) is 6.07 Å². The van der Waals surface area contributed by atoms with E-state index < -0.39 is 25.8 Å². The molecule has 0 radical (unpaired) electrons. The maximum absolute atomic E-state index is 13.0. The van der Waals surface area contributed by atoms with Gasteiger partial charge in [-0.05, 0) is 54.4 Å². The SMILES string of the molecule is CP(CCc1cc(Cl)c(C(=O)NC(CN/C(=N\C#N)N(CCO)CCO)C(=O)O)c(Cl)c1)c1cccc(O)c1. The van der Waals surface area contributed by atoms with Crippen LogP contribution in [0.2, 0.25) is 10.0 Å². The second-order valence-electron chi connectivity index (χ2n) is 8.34. The lowest BCUT2D eigenvalue weighted by Gasteiger charge is -2.25. The van der Waals surface area contributed by atoms with Crippen LogP contribution in [0.4, 0.5) is 0 Å². The number of guanidine groups is 1. The zero-order chi connectivity index (χ0) is 28.9. The van der Waals surface area contributed by atoms with Crippen molar-refractivity contribution in [3.63, 3.8) is 0 Å². The van der Waals surface area contributed by atoms with Crippen LogP contribution < -0.4 is 15.9 Å². The zero-order valence-corrected chi connectivity index (χ0v) is 23.5. The number of carbonyl (C=O) groups is 2. The third-order valence-corrected chi connectivity index (χ3v) is 8.25. The molecule has 2 atom stereocenters. The Morgan fingerprint density at radius 3 is 2.33 bits per heavy atom. The van der Waals surface area contributed by atoms with Gasteiger partial charge in [0.25, 0.3) is 5.91 Å². The average Bonchev–Trinajstić information content (AvgIpc) is 2.88. The van der Waals surface area contributed by atoms with Crippen LogP contribution in [-0.2, 0) is 11.2 Å². The first-order valence-corrected chi connectivity index (χ1v) is 14.5. The molecular weight excluding hydrogens is 568 g/mol. The number of phenolic OH excluding ortho intramolecular Hbond substituents is 1. The highest BCUT2D eigenvalue weighted by atomic mass is 35.5. The number of amides is 1. The Morgan fingerprint density at radius 1 is 1.15 bits per heavy atom. The maximum atomic E-state index is 13.0. The van der Waals surface area contributed by atoms with Gasteiger partial charge in [0.15, 0.2) is 0 Å². The number of benzene rings is 2. The first-order valence-electron chi connectivity index (χ1n) is 11.8. The summed E-state index contributed by atoms with van der Waals surface area (Å²) in [6.45, 7) is 1.20. The number of aliphatic hydroxyl groups excluding tert-OH is 2. The summed E-state index contributed by atoms with van der Waals surface area (Å²) in [6.07, 6.45) is 2.99. The molecule has 11 nitrogen and oxygen atoms in total. The molecule has 0 aliphatic rings. The summed E-state index contributed by atoms with van der Waals surface area (Å²) in [6, 6.07) is 8.87. The highest BCUT2D eigenvalue weighted by Crippen LogP contribution is 2.33. The van der Waals surface area contributed by atoms with Crippen molar-refractivity contribution in [2.75, 3.05) is 45.7 Å². The number of hydrogen-bond donors (Lipinski definition) is 6. The summed E-state index contributed by atoms with van der Waals surface area (Å²) in [4.78, 5) is 29.7. The summed E-state index contributed by atoms with van der Waals surface area (Å²) in [5, 5.41) is 52.9. The standard InChI is InChI=1S/C25H30Cl2N5O6P/c1-39(18-4-2-3-17(35)13-18)10-5-16-11-19(26)22(20(27)12-16)23(36)31-21(24(37)38)14-29-25(30-15-28)32(6-8-33)7-9-34/h2-4,11-13,21,33-35H,5-10,14H2,1H3,(H,29,30)(H,31,36)(H,37,38). The number of hydrogen-bond acceptors (Lipinski definition) is 7. The zero-order valence-electron chi connectivity index (χ0n) is 21.1. The Kier molecular flexibility index (Phi) is 13.2. The monoisotopic (exact) mass is 597 g/mol. The molecule has 0 aliphatic heterocycles. The lowest BCUT2D eigenvalue weighted by atomic mass is 10.1. The molecule has 2 rings (SSSR count). The largest absolute Gasteiger partial charge is 0.508 e. The summed E-state index contributed by atoms with van der Waals surface area (Å²) in [7, 11) is -0.555. The summed E-state index contributed by atoms with van der Waals surface area (Å²) >= 11 is 12.8. The number of aliphatic imine (C=N–C) groups is 1. The van der Waals surface area contributed by atoms with Gasteiger partial charge in [-0.1, -0.05) is 43.3 Å². The number of aromatic hydroxyl groups is 1. The van der Waals surface area contributed by atoms with E-state index in [-0.39, 0.29) is 60.2 Å². The number of phenols is 1. The highest BCUT2D eigenvalue weighted by Gasteiger charge is 2.25. The van der Waals surface area contributed by atoms with Gasteiger partial charge in [-0.15, -0.1) is 4.99 Å². The number of aliphatic carboxylic acids is 1. The van der Waals surface area contributed by atoms with Crippen LogP contribution in [0.15, 0.2) is 41.4 Å². The Hall–Kier alpha value is -3.13. The van der Waals surface area contributed by atoms with Gasteiger partial charge in [-0.3, -0.25) is 4.79 Å². The second-order valence-corrected chi connectivity index (χ2v) is 11.5. The molecule has 0 fully saturated rings. The minimum absolute atomic E-state index is 0.0312. The number of nitrogens with zero attached hydrogens (tertiary/aromatic N) is 3. The topological polar surface area (TPSA) is 179 Å². The Morgan fingerprint density at radius 2 is 1.79 bits per heavy atom. The van der Waals surface area contributed by atoms with Gasteiger partial charge in [0.1, 0.15) is 11.8 Å². The molecule has 0 bridgehead atoms. The van der Waals surface area contributed by atoms with Gasteiger partial charge < -0.3 is 36.0 Å². The van der Waals surface area contributed by atoms with E-state index in [4.69, 9.17) is 28.5 Å². The van der Waals surface area contributed by atoms with Crippen LogP contribution in [0.3, 0.4) is 0 Å². The smallest absolute Gasteiger partial charge is 0.328 e. The molecule has 2 unspecified atom stereocenters. The predicted molar refractivity (Wildman–Crippen MR) is 151 cm³/mol. The maximum Gasteiger partial charge on any atom is 0.328 e. The lowest BCUT2D eigenvalue weighted by molar-refractivity contribution is -0.139. The number of nitriles is 1. The third-order valence-electron chi connectivity index (χ3n) is 5.60. The Balaban J connectivity index is 2.10. The molecule has 0 saturated heterocycles. The number of aliphatic hydroxyl groups is 2. The van der Waals surface area contributed by atoms with E-state index in [1.54, 1.807) is 36.5 Å². The van der Waals surface area contributed by atoms with Crippen LogP contribution in [0.1, 0.15) is 15.9 Å². The van der Waals surface area contributed by atoms with Crippen LogP contribution in [0.25, 0.3) is 0 Å². The van der Waals surface area contributed by atoms with Gasteiger partial charge >= 0.3 is 5.97 Å². The molecule has 0 saturated carbocycles. The number of carboxylic acids is 1. The number of aryl methyl sites for hydroxylation is 1. The first-order chi connectivity index (χ1) is 18.6. The number of nitrogens with one attached hydrogen (secondary N) is 2. The fourth-order valence-corrected chi connectivity index (χ4v) is 5.85. The van der Waals surface area contributed by atoms with Gasteiger partial charge in [0.2, 0.25) is 12.2 Å². The second kappa shape index (κ2) is 16.1. The minimum atomic E-state index is -1.45. The molecule has 14 heteroatoms. The minimum Gasteiger partial charge on any atom is -0.508 e. The molecule has 2 aromatic carbocycles. The van der Waals surface area contributed by atoms with E-state index in [1.165, 1.54) is 4.90 Å². The molecule has 2 aromatic rings. The van der Waals surface area contributed by atoms with Crippen LogP contribution in [0.5, 0.6) is 5.75 Å². The molecule has 0 aliphatic carbocycles. The summed E-state index contributed by atoms with van der Waals surface area (Å²) < 4.78 is 0. The summed E-state index contributed by atoms with van der Waals surface area (Å²) in [5.41, 5.74) is 0.728. The van der Waals surface area contributed by atoms with Crippen molar-refractivity contribution in [2.24, 2.45) is 4.99 Å². The molecule has 0 aromatic heterocycles. The lowest BCUT2D eigenvalue weighted by Crippen LogP contribution is -2.52. The fraction of sp³-hybridized carbons (Fsp3) is 0.360. The third kappa shape index (κ3) is 9.84. The number of halogens is 2. The van der Waals surface area contributed by atoms with Crippen molar-refractivity contribution in [3.8, 4) is 11.9 Å². The Labute approximate surface area is 237 Å². The van der Waals surface area contributed by atoms with Gasteiger partial charge in [0.05, 0.1) is 28.8 Å². The molecule has 210 valence electrons. The van der Waals surface area contributed by atoms with E-state index in [0.717, 1.165) is 17.0 Å². The normalized spacial score (nSPS) is 12.8.